The Balaban J connectivity index is 2.46. The molecule has 0 bridgehead atoms. The van der Waals surface area contributed by atoms with Crippen molar-refractivity contribution in [2.45, 2.75) is 18.6 Å². The van der Waals surface area contributed by atoms with Crippen LogP contribution in [0.25, 0.3) is 0 Å². The lowest BCUT2D eigenvalue weighted by Gasteiger charge is -2.15. The maximum absolute atomic E-state index is 11.3. The molecule has 0 fully saturated rings. The van der Waals surface area contributed by atoms with Crippen molar-refractivity contribution in [3.05, 3.63) is 29.8 Å². The molecule has 74 valence electrons. The van der Waals surface area contributed by atoms with Crippen molar-refractivity contribution in [1.82, 2.24) is 0 Å². The first-order valence-corrected chi connectivity index (χ1v) is 4.51. The number of carbonyl (C=O) groups excluding carboxylic acids is 1. The Hall–Kier alpha value is -1.39. The molecular formula is C10H12N2O2. The number of fused-ring (bicyclic) bond motifs is 1. The van der Waals surface area contributed by atoms with E-state index in [4.69, 9.17) is 5.73 Å². The fraction of sp³-hybridized carbons (Fsp3) is 0.300. The number of anilines is 1. The first-order valence-electron chi connectivity index (χ1n) is 4.51. The molecule has 0 radical (unpaired) electrons. The van der Waals surface area contributed by atoms with Crippen molar-refractivity contribution < 1.29 is 9.90 Å². The van der Waals surface area contributed by atoms with Gasteiger partial charge in [0.1, 0.15) is 0 Å². The molecule has 14 heavy (non-hydrogen) atoms. The van der Waals surface area contributed by atoms with Crippen LogP contribution in [0.5, 0.6) is 0 Å². The molecular weight excluding hydrogens is 180 g/mol. The van der Waals surface area contributed by atoms with Crippen molar-refractivity contribution in [2.75, 3.05) is 5.32 Å². The molecule has 1 heterocycles. The third-order valence-corrected chi connectivity index (χ3v) is 2.38. The number of amides is 1. The minimum atomic E-state index is -0.773. The van der Waals surface area contributed by atoms with Crippen LogP contribution in [0.1, 0.15) is 18.1 Å². The zero-order valence-corrected chi connectivity index (χ0v) is 7.60. The van der Waals surface area contributed by atoms with Gasteiger partial charge < -0.3 is 16.2 Å². The molecule has 0 aliphatic carbocycles. The number of hydrogen-bond donors (Lipinski definition) is 3. The second kappa shape index (κ2) is 3.40. The van der Waals surface area contributed by atoms with Gasteiger partial charge in [0, 0.05) is 23.7 Å². The van der Waals surface area contributed by atoms with Crippen LogP contribution in [0.15, 0.2) is 24.3 Å². The van der Waals surface area contributed by atoms with Crippen LogP contribution in [0.2, 0.25) is 0 Å². The van der Waals surface area contributed by atoms with E-state index in [-0.39, 0.29) is 12.3 Å². The van der Waals surface area contributed by atoms with Crippen LogP contribution in [0.3, 0.4) is 0 Å². The van der Waals surface area contributed by atoms with Gasteiger partial charge in [0.2, 0.25) is 5.91 Å². The number of benzene rings is 1. The van der Waals surface area contributed by atoms with Crippen molar-refractivity contribution in [2.24, 2.45) is 5.73 Å². The van der Waals surface area contributed by atoms with E-state index in [2.05, 4.69) is 5.32 Å². The van der Waals surface area contributed by atoms with Gasteiger partial charge in [0.15, 0.2) is 0 Å². The summed E-state index contributed by atoms with van der Waals surface area (Å²) in [5.74, 6) is -0.151. The Bertz CT molecular complexity index is 365. The number of aliphatic hydroxyl groups excluding tert-OH is 1. The maximum atomic E-state index is 11.3. The Labute approximate surface area is 81.7 Å². The molecule has 2 atom stereocenters. The first kappa shape index (κ1) is 9.18. The average Bonchev–Trinajstić information content (AvgIpc) is 2.26. The van der Waals surface area contributed by atoms with Gasteiger partial charge in [0.25, 0.3) is 0 Å². The van der Waals surface area contributed by atoms with E-state index in [0.717, 1.165) is 0 Å². The molecule has 1 amide bonds. The van der Waals surface area contributed by atoms with Gasteiger partial charge in [-0.2, -0.15) is 0 Å². The molecule has 2 rings (SSSR count). The summed E-state index contributed by atoms with van der Waals surface area (Å²) in [4.78, 5) is 11.3. The summed E-state index contributed by atoms with van der Waals surface area (Å²) >= 11 is 0. The minimum absolute atomic E-state index is 0.149. The standard InChI is InChI=1S/C10H12N2O2/c11-7-5-9(13)12-8-4-2-1-3-6(8)10(7)14/h1-4,7,10,14H,5,11H2,(H,12,13). The van der Waals surface area contributed by atoms with E-state index >= 15 is 0 Å². The predicted octanol–water partition coefficient (Wildman–Crippen LogP) is 0.389. The number of aliphatic hydroxyl groups is 1. The Kier molecular flexibility index (Phi) is 2.23. The zero-order valence-electron chi connectivity index (χ0n) is 7.60. The highest BCUT2D eigenvalue weighted by Crippen LogP contribution is 2.28. The molecule has 4 nitrogen and oxygen atoms in total. The number of para-hydroxylation sites is 1. The van der Waals surface area contributed by atoms with Gasteiger partial charge in [-0.1, -0.05) is 18.2 Å². The number of rotatable bonds is 0. The average molecular weight is 192 g/mol. The summed E-state index contributed by atoms with van der Waals surface area (Å²) in [6, 6.07) is 6.62. The molecule has 1 aliphatic heterocycles. The lowest BCUT2D eigenvalue weighted by molar-refractivity contribution is -0.116. The molecule has 0 spiro atoms. The topological polar surface area (TPSA) is 75.4 Å². The first-order chi connectivity index (χ1) is 6.68. The fourth-order valence-corrected chi connectivity index (χ4v) is 1.63. The highest BCUT2D eigenvalue weighted by Gasteiger charge is 2.26. The highest BCUT2D eigenvalue weighted by atomic mass is 16.3. The van der Waals surface area contributed by atoms with Crippen LogP contribution in [-0.2, 0) is 4.79 Å². The van der Waals surface area contributed by atoms with Crippen LogP contribution < -0.4 is 11.1 Å². The Morgan fingerprint density at radius 2 is 2.14 bits per heavy atom. The quantitative estimate of drug-likeness (QED) is 0.556. The summed E-state index contributed by atoms with van der Waals surface area (Å²) in [6.07, 6.45) is -0.624. The Morgan fingerprint density at radius 1 is 1.43 bits per heavy atom. The van der Waals surface area contributed by atoms with E-state index in [1.165, 1.54) is 0 Å². The van der Waals surface area contributed by atoms with E-state index in [0.29, 0.717) is 11.3 Å². The van der Waals surface area contributed by atoms with Gasteiger partial charge in [-0.25, -0.2) is 0 Å². The van der Waals surface area contributed by atoms with Gasteiger partial charge in [-0.15, -0.1) is 0 Å². The van der Waals surface area contributed by atoms with Crippen LogP contribution in [-0.4, -0.2) is 17.1 Å². The third-order valence-electron chi connectivity index (χ3n) is 2.38. The summed E-state index contributed by atoms with van der Waals surface area (Å²) in [5.41, 5.74) is 7.01. The molecule has 1 aromatic rings. The van der Waals surface area contributed by atoms with Gasteiger partial charge in [-0.3, -0.25) is 4.79 Å². The van der Waals surface area contributed by atoms with Crippen molar-refractivity contribution >= 4 is 11.6 Å². The largest absolute Gasteiger partial charge is 0.387 e. The van der Waals surface area contributed by atoms with E-state index < -0.39 is 12.1 Å². The van der Waals surface area contributed by atoms with Gasteiger partial charge >= 0.3 is 0 Å². The molecule has 0 aromatic heterocycles. The molecule has 4 N–H and O–H groups in total. The van der Waals surface area contributed by atoms with Crippen LogP contribution in [0, 0.1) is 0 Å². The summed E-state index contributed by atoms with van der Waals surface area (Å²) in [7, 11) is 0. The monoisotopic (exact) mass is 192 g/mol. The normalized spacial score (nSPS) is 26.3. The lowest BCUT2D eigenvalue weighted by atomic mass is 10.0. The number of hydrogen-bond acceptors (Lipinski definition) is 3. The number of nitrogens with two attached hydrogens (primary N) is 1. The molecule has 0 saturated heterocycles. The number of carbonyl (C=O) groups is 1. The Morgan fingerprint density at radius 3 is 2.93 bits per heavy atom. The smallest absolute Gasteiger partial charge is 0.226 e. The van der Waals surface area contributed by atoms with E-state index in [1.54, 1.807) is 12.1 Å². The minimum Gasteiger partial charge on any atom is -0.387 e. The summed E-state index contributed by atoms with van der Waals surface area (Å²) in [5, 5.41) is 12.5. The van der Waals surface area contributed by atoms with E-state index in [9.17, 15) is 9.90 Å². The second-order valence-corrected chi connectivity index (χ2v) is 3.45. The maximum Gasteiger partial charge on any atom is 0.226 e. The predicted molar refractivity (Wildman–Crippen MR) is 52.6 cm³/mol. The highest BCUT2D eigenvalue weighted by molar-refractivity contribution is 5.93. The van der Waals surface area contributed by atoms with Crippen molar-refractivity contribution in [3.8, 4) is 0 Å². The lowest BCUT2D eigenvalue weighted by Crippen LogP contribution is -2.30. The van der Waals surface area contributed by atoms with Crippen molar-refractivity contribution in [3.63, 3.8) is 0 Å². The zero-order chi connectivity index (χ0) is 10.1. The van der Waals surface area contributed by atoms with Gasteiger partial charge in [-0.05, 0) is 6.07 Å². The fourth-order valence-electron chi connectivity index (χ4n) is 1.63. The molecule has 1 aliphatic rings. The van der Waals surface area contributed by atoms with Crippen LogP contribution >= 0.6 is 0 Å². The SMILES string of the molecule is NC1CC(=O)Nc2ccccc2C1O. The second-order valence-electron chi connectivity index (χ2n) is 3.45. The number of nitrogens with one attached hydrogen (secondary N) is 1. The molecule has 1 aromatic carbocycles. The van der Waals surface area contributed by atoms with Crippen molar-refractivity contribution in [1.29, 1.82) is 0 Å². The van der Waals surface area contributed by atoms with E-state index in [1.807, 2.05) is 12.1 Å². The molecule has 2 unspecified atom stereocenters. The van der Waals surface area contributed by atoms with Gasteiger partial charge in [0.05, 0.1) is 6.10 Å². The summed E-state index contributed by atoms with van der Waals surface area (Å²) in [6.45, 7) is 0. The van der Waals surface area contributed by atoms with Crippen LogP contribution in [0.4, 0.5) is 5.69 Å². The molecule has 4 heteroatoms. The summed E-state index contributed by atoms with van der Waals surface area (Å²) < 4.78 is 0. The third kappa shape index (κ3) is 1.49. The molecule has 0 saturated carbocycles.